The SMILES string of the molecule is C.CC(=O)C[C@H](CC(=O)[C@H](CC(C)C)n1cccc(C(C(F)F)N2CCC2)c1=O)c1cncc(-c2c(C)cccc2Cl)c1.CC(=O)C[C@H](CC(=O)[C@H](CC1CC1)n1cc(C(C)N(C)C)ccc1=O)c1cccc(-c2c(C)cccc2Cl)c1. The standard InChI is InChI=1S/C33H38ClF2N3O3.C33H39ClN2O3.CH4/c1-20(2)14-28(39-13-6-9-26(33(39)42)31(32(35)36)38-11-7-12-38)29(41)17-23(15-22(4)40)24-16-25(19-37-18-24)30-21(3)8-5-10-27(30)34;1-21-8-6-11-29(34)33(21)26-10-7-9-25(18-26)28(16-22(2)37)19-31(38)30(17-24-12-13-24)36-20-27(14-15-32(36)39)23(3)35(4)5;/h5-6,8-10,13,16,18-20,23,28,31-32H,7,11-12,14-15,17H2,1-4H3;6-11,14-15,18,20,23-24,28,30H,12-13,16-17,19H2,1-5H3;1H4/t23-,28+,31?;23?,28-,30+;/m11./s1. The van der Waals surface area contributed by atoms with Crippen molar-refractivity contribution in [2.45, 2.75) is 156 Å². The van der Waals surface area contributed by atoms with E-state index in [0.29, 0.717) is 41.9 Å². The van der Waals surface area contributed by atoms with E-state index in [2.05, 4.69) is 22.9 Å². The number of ketones is 4. The van der Waals surface area contributed by atoms with Gasteiger partial charge in [0.05, 0.1) is 12.1 Å². The van der Waals surface area contributed by atoms with Crippen LogP contribution in [0.25, 0.3) is 22.3 Å². The predicted molar refractivity (Wildman–Crippen MR) is 326 cm³/mol. The molecule has 0 radical (unpaired) electrons. The van der Waals surface area contributed by atoms with Gasteiger partial charge in [-0.15, -0.1) is 0 Å². The number of Topliss-reactive ketones (excluding diaryl/α,β-unsaturated/α-hetero) is 4. The zero-order valence-corrected chi connectivity index (χ0v) is 49.7. The van der Waals surface area contributed by atoms with Crippen molar-refractivity contribution < 1.29 is 28.0 Å². The quantitative estimate of drug-likeness (QED) is 0.0550. The number of hydrogen-bond acceptors (Lipinski definition) is 9. The number of nitrogens with zero attached hydrogens (tertiary/aromatic N) is 5. The Bertz CT molecular complexity index is 3290. The van der Waals surface area contributed by atoms with Crippen LogP contribution in [0.3, 0.4) is 0 Å². The Morgan fingerprint density at radius 3 is 1.79 bits per heavy atom. The minimum atomic E-state index is -2.73. The van der Waals surface area contributed by atoms with Crippen LogP contribution in [-0.4, -0.2) is 80.7 Å². The predicted octanol–water partition coefficient (Wildman–Crippen LogP) is 15.0. The van der Waals surface area contributed by atoms with Gasteiger partial charge in [0.2, 0.25) is 0 Å². The number of hydrogen-bond donors (Lipinski definition) is 0. The van der Waals surface area contributed by atoms with Crippen LogP contribution < -0.4 is 11.1 Å². The molecule has 0 amide bonds. The molecule has 1 saturated carbocycles. The third kappa shape index (κ3) is 16.5. The van der Waals surface area contributed by atoms with Crippen molar-refractivity contribution >= 4 is 46.3 Å². The highest BCUT2D eigenvalue weighted by atomic mass is 35.5. The molecule has 1 saturated heterocycles. The van der Waals surface area contributed by atoms with E-state index >= 15 is 0 Å². The summed E-state index contributed by atoms with van der Waals surface area (Å²) < 4.78 is 31.2. The molecule has 438 valence electrons. The summed E-state index contributed by atoms with van der Waals surface area (Å²) in [6.07, 6.45) is 8.56. The molecule has 2 aliphatic rings. The van der Waals surface area contributed by atoms with E-state index in [9.17, 15) is 37.5 Å². The Kier molecular flexibility index (Phi) is 23.2. The van der Waals surface area contributed by atoms with Crippen molar-refractivity contribution in [3.05, 3.63) is 180 Å². The molecule has 0 N–H and O–H groups in total. The first-order valence-corrected chi connectivity index (χ1v) is 29.0. The summed E-state index contributed by atoms with van der Waals surface area (Å²) in [7, 11) is 4.00. The fraction of sp³-hybridized carbons (Fsp3) is 0.448. The molecule has 8 rings (SSSR count). The Morgan fingerprint density at radius 2 is 1.26 bits per heavy atom. The maximum atomic E-state index is 14.1. The van der Waals surface area contributed by atoms with Crippen molar-refractivity contribution in [2.75, 3.05) is 27.2 Å². The number of carbonyl (C=O) groups excluding carboxylic acids is 4. The largest absolute Gasteiger partial charge is 0.305 e. The highest BCUT2D eigenvalue weighted by molar-refractivity contribution is 6.34. The Morgan fingerprint density at radius 1 is 0.683 bits per heavy atom. The van der Waals surface area contributed by atoms with Gasteiger partial charge in [-0.1, -0.05) is 118 Å². The second kappa shape index (κ2) is 29.3. The van der Waals surface area contributed by atoms with E-state index in [0.717, 1.165) is 69.3 Å². The summed E-state index contributed by atoms with van der Waals surface area (Å²) in [4.78, 5) is 87.5. The molecule has 4 heterocycles. The average molecular weight is 1160 g/mol. The van der Waals surface area contributed by atoms with Crippen LogP contribution in [0.5, 0.6) is 0 Å². The smallest absolute Gasteiger partial charge is 0.258 e. The molecule has 1 aliphatic heterocycles. The fourth-order valence-electron chi connectivity index (χ4n) is 11.2. The zero-order chi connectivity index (χ0) is 58.8. The highest BCUT2D eigenvalue weighted by Crippen LogP contribution is 2.41. The van der Waals surface area contributed by atoms with Crippen LogP contribution in [-0.2, 0) is 19.2 Å². The van der Waals surface area contributed by atoms with E-state index < -0.39 is 36.0 Å². The molecule has 0 spiro atoms. The maximum absolute atomic E-state index is 14.1. The Balaban J connectivity index is 0.000000261. The summed E-state index contributed by atoms with van der Waals surface area (Å²) in [6, 6.07) is 25.2. The van der Waals surface area contributed by atoms with Crippen LogP contribution in [0.2, 0.25) is 10.0 Å². The number of carbonyl (C=O) groups is 4. The second-order valence-corrected chi connectivity index (χ2v) is 23.9. The number of benzene rings is 3. The van der Waals surface area contributed by atoms with Crippen molar-refractivity contribution in [1.82, 2.24) is 23.9 Å². The first-order chi connectivity index (χ1) is 38.5. The molecule has 2 unspecified atom stereocenters. The highest BCUT2D eigenvalue weighted by Gasteiger charge is 2.37. The van der Waals surface area contributed by atoms with Crippen LogP contribution >= 0.6 is 23.2 Å². The molecular formula is C67H81Cl2F2N5O6. The minimum absolute atomic E-state index is 0. The lowest BCUT2D eigenvalue weighted by molar-refractivity contribution is -0.124. The molecule has 6 atom stereocenters. The van der Waals surface area contributed by atoms with Gasteiger partial charge in [-0.3, -0.25) is 29.1 Å². The second-order valence-electron chi connectivity index (χ2n) is 23.1. The van der Waals surface area contributed by atoms with Crippen LogP contribution in [0, 0.1) is 25.7 Å². The first-order valence-electron chi connectivity index (χ1n) is 28.2. The number of likely N-dealkylation sites (tertiary alicyclic amines) is 1. The zero-order valence-electron chi connectivity index (χ0n) is 48.1. The molecule has 15 heteroatoms. The van der Waals surface area contributed by atoms with Gasteiger partial charge >= 0.3 is 0 Å². The molecule has 3 aromatic carbocycles. The number of pyridine rings is 3. The van der Waals surface area contributed by atoms with Gasteiger partial charge in [-0.05, 0) is 149 Å². The lowest BCUT2D eigenvalue weighted by Gasteiger charge is -2.38. The third-order valence-electron chi connectivity index (χ3n) is 16.0. The number of aryl methyl sites for hydroxylation is 2. The van der Waals surface area contributed by atoms with Gasteiger partial charge in [0.15, 0.2) is 11.6 Å². The van der Waals surface area contributed by atoms with Gasteiger partial charge in [0.25, 0.3) is 17.5 Å². The number of alkyl halides is 2. The van der Waals surface area contributed by atoms with Gasteiger partial charge in [0, 0.05) is 108 Å². The number of aromatic nitrogens is 3. The molecule has 1 aliphatic carbocycles. The summed E-state index contributed by atoms with van der Waals surface area (Å²) in [5.74, 6) is -0.525. The number of halogens is 4. The molecule has 2 fully saturated rings. The lowest BCUT2D eigenvalue weighted by Crippen LogP contribution is -2.46. The fourth-order valence-corrected chi connectivity index (χ4v) is 11.8. The van der Waals surface area contributed by atoms with Gasteiger partial charge in [-0.2, -0.15) is 0 Å². The van der Waals surface area contributed by atoms with E-state index in [-0.39, 0.29) is 85.2 Å². The normalized spacial score (nSPS) is 15.6. The maximum Gasteiger partial charge on any atom is 0.258 e. The monoisotopic (exact) mass is 1160 g/mol. The average Bonchev–Trinajstić information content (AvgIpc) is 4.03. The molecular weight excluding hydrogens is 1080 g/mol. The molecule has 82 heavy (non-hydrogen) atoms. The van der Waals surface area contributed by atoms with Gasteiger partial charge in [-0.25, -0.2) is 8.78 Å². The summed E-state index contributed by atoms with van der Waals surface area (Å²) in [5.41, 5.74) is 7.48. The van der Waals surface area contributed by atoms with Crippen molar-refractivity contribution in [2.24, 2.45) is 11.8 Å². The van der Waals surface area contributed by atoms with Gasteiger partial charge < -0.3 is 23.6 Å². The summed E-state index contributed by atoms with van der Waals surface area (Å²) >= 11 is 13.1. The van der Waals surface area contributed by atoms with E-state index in [1.807, 2.05) is 109 Å². The molecule has 0 bridgehead atoms. The Hall–Kier alpha value is -6.25. The topological polar surface area (TPSA) is 132 Å². The van der Waals surface area contributed by atoms with Crippen molar-refractivity contribution in [3.8, 4) is 22.3 Å². The van der Waals surface area contributed by atoms with E-state index in [1.54, 1.807) is 47.0 Å². The van der Waals surface area contributed by atoms with Crippen molar-refractivity contribution in [3.63, 3.8) is 0 Å². The number of rotatable bonds is 25. The lowest BCUT2D eigenvalue weighted by atomic mass is 9.85. The van der Waals surface area contributed by atoms with Gasteiger partial charge in [0.1, 0.15) is 17.6 Å². The third-order valence-corrected chi connectivity index (χ3v) is 16.6. The molecule has 6 aromatic rings. The molecule has 3 aromatic heterocycles. The van der Waals surface area contributed by atoms with E-state index in [1.165, 1.54) is 23.8 Å². The minimum Gasteiger partial charge on any atom is -0.305 e. The van der Waals surface area contributed by atoms with Crippen LogP contribution in [0.15, 0.2) is 125 Å². The van der Waals surface area contributed by atoms with E-state index in [4.69, 9.17) is 23.2 Å². The Labute approximate surface area is 493 Å². The van der Waals surface area contributed by atoms with Crippen LogP contribution in [0.1, 0.15) is 169 Å². The molecule has 11 nitrogen and oxygen atoms in total. The first kappa shape index (κ1) is 64.9. The summed E-state index contributed by atoms with van der Waals surface area (Å²) in [5, 5.41) is 1.24. The van der Waals surface area contributed by atoms with Crippen LogP contribution in [0.4, 0.5) is 8.78 Å². The summed E-state index contributed by atoms with van der Waals surface area (Å²) in [6.45, 7) is 14.0. The van der Waals surface area contributed by atoms with Crippen molar-refractivity contribution in [1.29, 1.82) is 0 Å².